The van der Waals surface area contributed by atoms with Crippen molar-refractivity contribution in [3.05, 3.63) is 17.2 Å². The minimum atomic E-state index is -4.65. The summed E-state index contributed by atoms with van der Waals surface area (Å²) in [5.41, 5.74) is 4.97. The molecule has 0 aliphatic heterocycles. The van der Waals surface area contributed by atoms with Crippen LogP contribution in [0.15, 0.2) is 21.9 Å². The van der Waals surface area contributed by atoms with Gasteiger partial charge in [-0.3, -0.25) is 8.74 Å². The van der Waals surface area contributed by atoms with Crippen LogP contribution < -0.4 is 5.73 Å². The molecule has 0 spiro atoms. The fourth-order valence-electron chi connectivity index (χ4n) is 1.18. The van der Waals surface area contributed by atoms with E-state index in [1.54, 1.807) is 0 Å². The molecule has 1 rings (SSSR count). The molecule has 1 aromatic rings. The minimum Gasteiger partial charge on any atom is -0.398 e. The Morgan fingerprint density at radius 2 is 1.83 bits per heavy atom. The second kappa shape index (κ2) is 5.02. The Kier molecular flexibility index (Phi) is 4.23. The van der Waals surface area contributed by atoms with E-state index in [9.17, 15) is 16.8 Å². The second-order valence-corrected chi connectivity index (χ2v) is 6.54. The van der Waals surface area contributed by atoms with E-state index in [1.807, 2.05) is 0 Å². The van der Waals surface area contributed by atoms with Gasteiger partial charge in [-0.2, -0.15) is 16.8 Å². The first kappa shape index (κ1) is 15.2. The van der Waals surface area contributed by atoms with Crippen molar-refractivity contribution in [2.24, 2.45) is 0 Å². The fourth-order valence-corrected chi connectivity index (χ4v) is 3.33. The third-order valence-electron chi connectivity index (χ3n) is 1.88. The lowest BCUT2D eigenvalue weighted by atomic mass is 10.3. The third-order valence-corrected chi connectivity index (χ3v) is 4.64. The van der Waals surface area contributed by atoms with Gasteiger partial charge < -0.3 is 5.73 Å². The molecule has 0 aliphatic carbocycles. The number of hydrogen-bond acceptors (Lipinski definition) is 6. The van der Waals surface area contributed by atoms with Gasteiger partial charge in [0.2, 0.25) is 0 Å². The molecule has 0 aromatic heterocycles. The highest BCUT2D eigenvalue weighted by atomic mass is 35.5. The van der Waals surface area contributed by atoms with Crippen molar-refractivity contribution in [3.8, 4) is 0 Å². The van der Waals surface area contributed by atoms with Crippen molar-refractivity contribution in [1.29, 1.82) is 0 Å². The highest BCUT2D eigenvalue weighted by molar-refractivity contribution is 7.87. The van der Waals surface area contributed by atoms with Gasteiger partial charge in [0, 0.05) is 0 Å². The average Bonchev–Trinajstić information content (AvgIpc) is 2.14. The average molecular weight is 316 g/mol. The Bertz CT molecular complexity index is 667. The van der Waals surface area contributed by atoms with E-state index in [-0.39, 0.29) is 17.3 Å². The molecule has 102 valence electrons. The van der Waals surface area contributed by atoms with E-state index in [2.05, 4.69) is 4.18 Å². The summed E-state index contributed by atoms with van der Waals surface area (Å²) in [6.45, 7) is 1.29. The van der Waals surface area contributed by atoms with E-state index in [4.69, 9.17) is 21.9 Å². The molecule has 1 aromatic carbocycles. The van der Waals surface area contributed by atoms with Crippen LogP contribution in [-0.2, 0) is 24.4 Å². The van der Waals surface area contributed by atoms with Crippen molar-refractivity contribution in [3.63, 3.8) is 0 Å². The first-order valence-electron chi connectivity index (χ1n) is 4.55. The van der Waals surface area contributed by atoms with Gasteiger partial charge in [0.1, 0.15) is 9.79 Å². The fraction of sp³-hybridized carbons (Fsp3) is 0.250. The third kappa shape index (κ3) is 3.12. The van der Waals surface area contributed by atoms with Crippen LogP contribution in [0.1, 0.15) is 6.92 Å². The van der Waals surface area contributed by atoms with Crippen molar-refractivity contribution < 1.29 is 25.6 Å². The molecule has 0 unspecified atom stereocenters. The van der Waals surface area contributed by atoms with Crippen molar-refractivity contribution in [1.82, 2.24) is 0 Å². The summed E-state index contributed by atoms with van der Waals surface area (Å²) in [5, 5.41) is -0.298. The molecule has 0 bridgehead atoms. The minimum absolute atomic E-state index is 0.149. The molecule has 0 atom stereocenters. The summed E-state index contributed by atoms with van der Waals surface area (Å²) in [7, 11) is -8.86. The van der Waals surface area contributed by atoms with Crippen molar-refractivity contribution in [2.45, 2.75) is 16.7 Å². The lowest BCUT2D eigenvalue weighted by Crippen LogP contribution is -2.10. The summed E-state index contributed by atoms with van der Waals surface area (Å²) in [4.78, 5) is -1.32. The number of nitrogen functional groups attached to an aromatic ring is 1. The largest absolute Gasteiger partial charge is 0.398 e. The van der Waals surface area contributed by atoms with E-state index < -0.39 is 30.0 Å². The lowest BCUT2D eigenvalue weighted by Gasteiger charge is -2.09. The van der Waals surface area contributed by atoms with Gasteiger partial charge in [-0.15, -0.1) is 0 Å². The summed E-state index contributed by atoms with van der Waals surface area (Å²) < 4.78 is 58.6. The molecule has 0 aliphatic rings. The smallest absolute Gasteiger partial charge is 0.298 e. The standard InChI is InChI=1S/C8H10ClNO6S2/c1-2-16-18(14,15)7-4-8(17(11,12)13)6(10)3-5(7)9/h3-4H,2,10H2,1H3,(H,11,12,13). The normalized spacial score (nSPS) is 12.6. The van der Waals surface area contributed by atoms with Crippen LogP contribution >= 0.6 is 11.6 Å². The van der Waals surface area contributed by atoms with Gasteiger partial charge in [-0.25, -0.2) is 0 Å². The highest BCUT2D eigenvalue weighted by Crippen LogP contribution is 2.30. The van der Waals surface area contributed by atoms with Crippen LogP contribution in [0.4, 0.5) is 5.69 Å². The topological polar surface area (TPSA) is 124 Å². The number of benzene rings is 1. The van der Waals surface area contributed by atoms with Gasteiger partial charge in [0.25, 0.3) is 20.2 Å². The van der Waals surface area contributed by atoms with Crippen molar-refractivity contribution >= 4 is 37.5 Å². The van der Waals surface area contributed by atoms with Gasteiger partial charge >= 0.3 is 0 Å². The van der Waals surface area contributed by atoms with Crippen LogP contribution in [0.5, 0.6) is 0 Å². The number of hydrogen-bond donors (Lipinski definition) is 2. The summed E-state index contributed by atoms with van der Waals surface area (Å²) in [6, 6.07) is 1.56. The Balaban J connectivity index is 3.59. The molecule has 0 fully saturated rings. The van der Waals surface area contributed by atoms with Crippen LogP contribution in [0.25, 0.3) is 0 Å². The predicted octanol–water partition coefficient (Wildman–Crippen LogP) is 0.894. The molecule has 18 heavy (non-hydrogen) atoms. The maximum Gasteiger partial charge on any atom is 0.298 e. The maximum atomic E-state index is 11.6. The first-order chi connectivity index (χ1) is 8.09. The molecule has 0 heterocycles. The maximum absolute atomic E-state index is 11.6. The van der Waals surface area contributed by atoms with Gasteiger partial charge in [-0.05, 0) is 19.1 Å². The first-order valence-corrected chi connectivity index (χ1v) is 7.78. The van der Waals surface area contributed by atoms with Crippen LogP contribution in [0.3, 0.4) is 0 Å². The monoisotopic (exact) mass is 315 g/mol. The number of anilines is 1. The van der Waals surface area contributed by atoms with Crippen LogP contribution in [0.2, 0.25) is 5.02 Å². The SMILES string of the molecule is CCOS(=O)(=O)c1cc(S(=O)(=O)O)c(N)cc1Cl. The zero-order valence-corrected chi connectivity index (χ0v) is 11.5. The molecule has 0 amide bonds. The Hall–Kier alpha value is -0.870. The van der Waals surface area contributed by atoms with Crippen LogP contribution in [0, 0.1) is 0 Å². The highest BCUT2D eigenvalue weighted by Gasteiger charge is 2.24. The second-order valence-electron chi connectivity index (χ2n) is 3.16. The Labute approximate surface area is 109 Å². The number of halogens is 1. The molecular weight excluding hydrogens is 306 g/mol. The molecule has 3 N–H and O–H groups in total. The predicted molar refractivity (Wildman–Crippen MR) is 64.5 cm³/mol. The van der Waals surface area contributed by atoms with Gasteiger partial charge in [0.05, 0.1) is 17.3 Å². The lowest BCUT2D eigenvalue weighted by molar-refractivity contribution is 0.338. The zero-order valence-electron chi connectivity index (χ0n) is 9.12. The molecule has 0 radical (unpaired) electrons. The molecule has 0 saturated carbocycles. The zero-order chi connectivity index (χ0) is 14.1. The quantitative estimate of drug-likeness (QED) is 0.480. The number of nitrogens with two attached hydrogens (primary N) is 1. The van der Waals surface area contributed by atoms with Crippen molar-refractivity contribution in [2.75, 3.05) is 12.3 Å². The van der Waals surface area contributed by atoms with E-state index >= 15 is 0 Å². The molecular formula is C8H10ClNO6S2. The molecule has 0 saturated heterocycles. The van der Waals surface area contributed by atoms with Gasteiger partial charge in [0.15, 0.2) is 0 Å². The van der Waals surface area contributed by atoms with Gasteiger partial charge in [-0.1, -0.05) is 11.6 Å². The molecule has 10 heteroatoms. The molecule has 7 nitrogen and oxygen atoms in total. The summed E-state index contributed by atoms with van der Waals surface area (Å²) in [5.74, 6) is 0. The van der Waals surface area contributed by atoms with Crippen LogP contribution in [-0.4, -0.2) is 28.0 Å². The summed E-state index contributed by atoms with van der Waals surface area (Å²) in [6.07, 6.45) is 0. The van der Waals surface area contributed by atoms with E-state index in [0.717, 1.165) is 6.07 Å². The number of rotatable bonds is 4. The van der Waals surface area contributed by atoms with E-state index in [1.165, 1.54) is 6.92 Å². The Morgan fingerprint density at radius 3 is 2.28 bits per heavy atom. The summed E-state index contributed by atoms with van der Waals surface area (Å²) >= 11 is 5.66. The Morgan fingerprint density at radius 1 is 1.28 bits per heavy atom. The van der Waals surface area contributed by atoms with E-state index in [0.29, 0.717) is 6.07 Å².